The maximum atomic E-state index is 12.9. The number of fused-ring (bicyclic) bond motifs is 1. The molecule has 0 radical (unpaired) electrons. The molecule has 1 aromatic rings. The second-order valence-electron chi connectivity index (χ2n) is 8.67. The number of carbonyl (C=O) groups excluding carboxylic acids is 4. The van der Waals surface area contributed by atoms with Gasteiger partial charge >= 0.3 is 6.03 Å². The highest BCUT2D eigenvalue weighted by Crippen LogP contribution is 2.35. The molecule has 1 atom stereocenters. The Labute approximate surface area is 174 Å². The molecule has 1 aromatic carbocycles. The van der Waals surface area contributed by atoms with Gasteiger partial charge in [0.25, 0.3) is 11.8 Å². The van der Waals surface area contributed by atoms with Gasteiger partial charge in [-0.1, -0.05) is 31.2 Å². The average molecular weight is 413 g/mol. The molecule has 9 nitrogen and oxygen atoms in total. The van der Waals surface area contributed by atoms with E-state index >= 15 is 0 Å². The third-order valence-corrected chi connectivity index (χ3v) is 6.55. The monoisotopic (exact) mass is 413 g/mol. The molecule has 4 N–H and O–H groups in total. The Kier molecular flexibility index (Phi) is 5.23. The zero-order valence-electron chi connectivity index (χ0n) is 17.0. The van der Waals surface area contributed by atoms with Crippen LogP contribution in [0.15, 0.2) is 24.3 Å². The first kappa shape index (κ1) is 20.3. The molecule has 0 bridgehead atoms. The third-order valence-electron chi connectivity index (χ3n) is 6.55. The zero-order chi connectivity index (χ0) is 21.5. The van der Waals surface area contributed by atoms with E-state index in [4.69, 9.17) is 5.73 Å². The van der Waals surface area contributed by atoms with Gasteiger partial charge in [0.2, 0.25) is 5.91 Å². The number of imide groups is 1. The maximum absolute atomic E-state index is 12.9. The van der Waals surface area contributed by atoms with Crippen LogP contribution in [-0.4, -0.2) is 51.8 Å². The van der Waals surface area contributed by atoms with Crippen LogP contribution in [0.25, 0.3) is 0 Å². The summed E-state index contributed by atoms with van der Waals surface area (Å²) >= 11 is 0. The number of primary amides is 1. The first-order chi connectivity index (χ1) is 14.3. The second kappa shape index (κ2) is 7.71. The zero-order valence-corrected chi connectivity index (χ0v) is 17.0. The molecule has 9 heteroatoms. The predicted octanol–water partition coefficient (Wildman–Crippen LogP) is 0.431. The summed E-state index contributed by atoms with van der Waals surface area (Å²) in [4.78, 5) is 51.6. The average Bonchev–Trinajstić information content (AvgIpc) is 2.94. The highest BCUT2D eigenvalue weighted by molar-refractivity contribution is 6.08. The lowest BCUT2D eigenvalue weighted by Gasteiger charge is -2.35. The molecule has 2 aliphatic heterocycles. The fourth-order valence-corrected chi connectivity index (χ4v) is 4.68. The third kappa shape index (κ3) is 3.65. The summed E-state index contributed by atoms with van der Waals surface area (Å²) in [5.74, 6) is -0.951. The van der Waals surface area contributed by atoms with Gasteiger partial charge in [-0.25, -0.2) is 4.79 Å². The molecule has 1 saturated heterocycles. The first-order valence-corrected chi connectivity index (χ1v) is 10.4. The van der Waals surface area contributed by atoms with Crippen molar-refractivity contribution in [2.75, 3.05) is 6.54 Å². The summed E-state index contributed by atoms with van der Waals surface area (Å²) in [6.07, 6.45) is 3.25. The summed E-state index contributed by atoms with van der Waals surface area (Å²) in [6, 6.07) is 6.46. The van der Waals surface area contributed by atoms with Crippen molar-refractivity contribution >= 4 is 23.8 Å². The van der Waals surface area contributed by atoms with Gasteiger partial charge in [0.05, 0.1) is 12.6 Å². The number of amides is 5. The SMILES string of the molecule is CC1CCC2(CC1)NC(=O)N(NC(=O)CN1Cc3ccccc3C[C@H]1C(N)=O)C2=O. The van der Waals surface area contributed by atoms with E-state index in [0.717, 1.165) is 29.0 Å². The predicted molar refractivity (Wildman–Crippen MR) is 107 cm³/mol. The molecule has 3 aliphatic rings. The van der Waals surface area contributed by atoms with Gasteiger partial charge in [-0.15, -0.1) is 0 Å². The molecule has 1 saturated carbocycles. The molecular formula is C21H27N5O4. The van der Waals surface area contributed by atoms with Crippen LogP contribution in [0.1, 0.15) is 43.7 Å². The fourth-order valence-electron chi connectivity index (χ4n) is 4.68. The van der Waals surface area contributed by atoms with Crippen LogP contribution in [0.2, 0.25) is 0 Å². The summed E-state index contributed by atoms with van der Waals surface area (Å²) < 4.78 is 0. The number of carbonyl (C=O) groups is 4. The Bertz CT molecular complexity index is 893. The van der Waals surface area contributed by atoms with E-state index in [2.05, 4.69) is 17.7 Å². The molecule has 5 amide bonds. The molecule has 0 unspecified atom stereocenters. The van der Waals surface area contributed by atoms with Gasteiger partial charge in [0.15, 0.2) is 0 Å². The lowest BCUT2D eigenvalue weighted by Crippen LogP contribution is -2.55. The number of hydrogen-bond acceptors (Lipinski definition) is 5. The minimum Gasteiger partial charge on any atom is -0.368 e. The molecule has 1 aliphatic carbocycles. The van der Waals surface area contributed by atoms with Crippen LogP contribution in [0, 0.1) is 5.92 Å². The number of hydrazine groups is 1. The van der Waals surface area contributed by atoms with E-state index in [1.807, 2.05) is 24.3 Å². The van der Waals surface area contributed by atoms with Crippen molar-refractivity contribution in [1.82, 2.24) is 20.7 Å². The lowest BCUT2D eigenvalue weighted by molar-refractivity contribution is -0.141. The minimum atomic E-state index is -0.920. The van der Waals surface area contributed by atoms with E-state index in [-0.39, 0.29) is 6.54 Å². The van der Waals surface area contributed by atoms with Crippen molar-refractivity contribution in [3.05, 3.63) is 35.4 Å². The molecule has 4 rings (SSSR count). The van der Waals surface area contributed by atoms with Crippen molar-refractivity contribution in [2.24, 2.45) is 11.7 Å². The van der Waals surface area contributed by atoms with Crippen LogP contribution in [0.5, 0.6) is 0 Å². The van der Waals surface area contributed by atoms with Gasteiger partial charge in [-0.05, 0) is 49.1 Å². The Morgan fingerprint density at radius 1 is 1.20 bits per heavy atom. The highest BCUT2D eigenvalue weighted by atomic mass is 16.2. The first-order valence-electron chi connectivity index (χ1n) is 10.4. The van der Waals surface area contributed by atoms with Crippen molar-refractivity contribution in [1.29, 1.82) is 0 Å². The van der Waals surface area contributed by atoms with E-state index in [1.165, 1.54) is 0 Å². The summed E-state index contributed by atoms with van der Waals surface area (Å²) in [6.45, 7) is 2.36. The number of benzene rings is 1. The van der Waals surface area contributed by atoms with Crippen molar-refractivity contribution in [3.63, 3.8) is 0 Å². The molecular weight excluding hydrogens is 386 g/mol. The topological polar surface area (TPSA) is 125 Å². The largest absolute Gasteiger partial charge is 0.368 e. The summed E-state index contributed by atoms with van der Waals surface area (Å²) in [5.41, 5.74) is 9.12. The number of nitrogens with one attached hydrogen (secondary N) is 2. The van der Waals surface area contributed by atoms with E-state index in [0.29, 0.717) is 31.7 Å². The van der Waals surface area contributed by atoms with Crippen LogP contribution in [0.3, 0.4) is 0 Å². The van der Waals surface area contributed by atoms with Crippen molar-refractivity contribution < 1.29 is 19.2 Å². The Morgan fingerprint density at radius 2 is 1.87 bits per heavy atom. The lowest BCUT2D eigenvalue weighted by atomic mass is 9.77. The fraction of sp³-hybridized carbons (Fsp3) is 0.524. The summed E-state index contributed by atoms with van der Waals surface area (Å²) in [7, 11) is 0. The Balaban J connectivity index is 1.43. The molecule has 1 spiro atoms. The Morgan fingerprint density at radius 3 is 2.53 bits per heavy atom. The standard InChI is InChI=1S/C21H27N5O4/c1-13-6-8-21(9-7-13)19(29)26(20(30)23-21)24-17(27)12-25-11-15-5-3-2-4-14(15)10-16(25)18(22)28/h2-5,13,16H,6-12H2,1H3,(H2,22,28)(H,23,30)(H,24,27)/t13?,16-,21?/m0/s1. The number of urea groups is 1. The van der Waals surface area contributed by atoms with Crippen LogP contribution >= 0.6 is 0 Å². The molecule has 2 fully saturated rings. The smallest absolute Gasteiger partial charge is 0.344 e. The molecule has 160 valence electrons. The van der Waals surface area contributed by atoms with Gasteiger partial charge in [-0.3, -0.25) is 24.7 Å². The number of hydrogen-bond donors (Lipinski definition) is 3. The normalized spacial score (nSPS) is 28.9. The molecule has 2 heterocycles. The van der Waals surface area contributed by atoms with E-state index in [9.17, 15) is 19.2 Å². The van der Waals surface area contributed by atoms with Crippen molar-refractivity contribution in [3.8, 4) is 0 Å². The van der Waals surface area contributed by atoms with Crippen LogP contribution in [0.4, 0.5) is 4.79 Å². The van der Waals surface area contributed by atoms with Gasteiger partial charge in [0, 0.05) is 6.54 Å². The van der Waals surface area contributed by atoms with Crippen LogP contribution in [-0.2, 0) is 27.3 Å². The van der Waals surface area contributed by atoms with Crippen molar-refractivity contribution in [2.45, 2.75) is 57.2 Å². The highest BCUT2D eigenvalue weighted by Gasteiger charge is 2.53. The van der Waals surface area contributed by atoms with Crippen LogP contribution < -0.4 is 16.5 Å². The summed E-state index contributed by atoms with van der Waals surface area (Å²) in [5, 5.41) is 3.56. The Hall–Kier alpha value is -2.94. The van der Waals surface area contributed by atoms with Gasteiger partial charge in [0.1, 0.15) is 5.54 Å². The van der Waals surface area contributed by atoms with Gasteiger partial charge in [-0.2, -0.15) is 5.01 Å². The molecule has 0 aromatic heterocycles. The number of rotatable bonds is 4. The van der Waals surface area contributed by atoms with E-state index in [1.54, 1.807) is 4.90 Å². The minimum absolute atomic E-state index is 0.150. The second-order valence-corrected chi connectivity index (χ2v) is 8.67. The number of nitrogens with zero attached hydrogens (tertiary/aromatic N) is 2. The van der Waals surface area contributed by atoms with E-state index < -0.39 is 35.3 Å². The quantitative estimate of drug-likeness (QED) is 0.618. The molecule has 30 heavy (non-hydrogen) atoms. The van der Waals surface area contributed by atoms with Gasteiger partial charge < -0.3 is 11.1 Å². The number of nitrogens with two attached hydrogens (primary N) is 1. The maximum Gasteiger partial charge on any atom is 0.344 e.